The third-order valence-corrected chi connectivity index (χ3v) is 11.5. The Morgan fingerprint density at radius 1 is 0.955 bits per heavy atom. The zero-order valence-corrected chi connectivity index (χ0v) is 25.5. The number of alkyl halides is 5. The van der Waals surface area contributed by atoms with Crippen molar-refractivity contribution < 1.29 is 41.6 Å². The Labute approximate surface area is 255 Å². The summed E-state index contributed by atoms with van der Waals surface area (Å²) in [6.07, 6.45) is -4.67. The van der Waals surface area contributed by atoms with Gasteiger partial charge in [-0.3, -0.25) is 0 Å². The van der Waals surface area contributed by atoms with Crippen LogP contribution in [0.1, 0.15) is 89.2 Å². The number of benzene rings is 1. The molecule has 1 aromatic rings. The summed E-state index contributed by atoms with van der Waals surface area (Å²) in [5.74, 6) is -1.99. The Morgan fingerprint density at radius 2 is 1.61 bits per heavy atom. The smallest absolute Gasteiger partial charge is 0.385 e. The van der Waals surface area contributed by atoms with E-state index in [1.165, 1.54) is 6.92 Å². The molecular weight excluding hydrogens is 581 g/mol. The van der Waals surface area contributed by atoms with Crippen molar-refractivity contribution in [2.24, 2.45) is 28.4 Å². The minimum absolute atomic E-state index is 0.0458. The van der Waals surface area contributed by atoms with Crippen molar-refractivity contribution in [1.29, 1.82) is 0 Å². The molecule has 0 radical (unpaired) electrons. The molecule has 3 unspecified atom stereocenters. The van der Waals surface area contributed by atoms with Gasteiger partial charge in [-0.15, -0.1) is 0 Å². The van der Waals surface area contributed by atoms with E-state index >= 15 is 8.78 Å². The zero-order valence-electron chi connectivity index (χ0n) is 25.5. The molecule has 0 amide bonds. The quantitative estimate of drug-likeness (QED) is 0.207. The van der Waals surface area contributed by atoms with Gasteiger partial charge in [-0.1, -0.05) is 50.3 Å². The topological polar surface area (TPSA) is 84.9 Å². The first-order chi connectivity index (χ1) is 20.4. The molecule has 5 nitrogen and oxygen atoms in total. The van der Waals surface area contributed by atoms with Gasteiger partial charge in [-0.05, 0) is 73.6 Å². The SMILES string of the molecule is CC1(C)COC2(CCC3=C4C(CCC3(O)C2)C2CC[C@@](O)(C(F)(F)C(F)(F)F)[C@@]2(C)C[C@@H]4c2ccc(C#CCN)cc2)OC1. The van der Waals surface area contributed by atoms with Crippen LogP contribution in [0, 0.1) is 34.5 Å². The summed E-state index contributed by atoms with van der Waals surface area (Å²) in [5.41, 5.74) is 2.29. The fourth-order valence-electron chi connectivity index (χ4n) is 9.26. The molecule has 6 atom stereocenters. The lowest BCUT2D eigenvalue weighted by Crippen LogP contribution is -2.65. The minimum Gasteiger partial charge on any atom is -0.385 e. The third-order valence-electron chi connectivity index (χ3n) is 11.5. The lowest BCUT2D eigenvalue weighted by Gasteiger charge is -2.59. The fraction of sp³-hybridized carbons (Fsp3) is 0.706. The van der Waals surface area contributed by atoms with Crippen LogP contribution in [0.5, 0.6) is 0 Å². The van der Waals surface area contributed by atoms with Crippen LogP contribution in [0.25, 0.3) is 0 Å². The van der Waals surface area contributed by atoms with Gasteiger partial charge >= 0.3 is 12.1 Å². The second-order valence-electron chi connectivity index (χ2n) is 14.8. The van der Waals surface area contributed by atoms with Crippen molar-refractivity contribution in [3.63, 3.8) is 0 Å². The van der Waals surface area contributed by atoms with Gasteiger partial charge in [0.1, 0.15) is 5.60 Å². The van der Waals surface area contributed by atoms with Crippen molar-refractivity contribution in [2.45, 2.75) is 107 Å². The molecule has 5 aliphatic rings. The molecule has 1 heterocycles. The van der Waals surface area contributed by atoms with Crippen LogP contribution in [-0.2, 0) is 9.47 Å². The molecule has 242 valence electrons. The van der Waals surface area contributed by atoms with Crippen LogP contribution in [0.3, 0.4) is 0 Å². The highest BCUT2D eigenvalue weighted by atomic mass is 19.4. The molecule has 4 N–H and O–H groups in total. The molecule has 44 heavy (non-hydrogen) atoms. The number of halogens is 5. The van der Waals surface area contributed by atoms with Gasteiger partial charge in [0.05, 0.1) is 25.4 Å². The molecule has 4 aliphatic carbocycles. The van der Waals surface area contributed by atoms with Crippen molar-refractivity contribution in [3.05, 3.63) is 46.5 Å². The first-order valence-electron chi connectivity index (χ1n) is 15.6. The molecular formula is C34H42F5NO4. The summed E-state index contributed by atoms with van der Waals surface area (Å²) >= 11 is 0. The number of ether oxygens (including phenoxy) is 2. The highest BCUT2D eigenvalue weighted by Crippen LogP contribution is 2.71. The number of fused-ring (bicyclic) bond motifs is 4. The van der Waals surface area contributed by atoms with Gasteiger partial charge in [0.15, 0.2) is 5.79 Å². The molecule has 0 aromatic heterocycles. The predicted molar refractivity (Wildman–Crippen MR) is 153 cm³/mol. The predicted octanol–water partition coefficient (Wildman–Crippen LogP) is 6.22. The van der Waals surface area contributed by atoms with E-state index in [9.17, 15) is 23.4 Å². The highest BCUT2D eigenvalue weighted by Gasteiger charge is 2.79. The molecule has 6 rings (SSSR count). The maximum absolute atomic E-state index is 15.3. The summed E-state index contributed by atoms with van der Waals surface area (Å²) in [7, 11) is 0. The van der Waals surface area contributed by atoms with Gasteiger partial charge < -0.3 is 25.4 Å². The fourth-order valence-corrected chi connectivity index (χ4v) is 9.26. The van der Waals surface area contributed by atoms with Crippen molar-refractivity contribution >= 4 is 0 Å². The molecule has 1 aliphatic heterocycles. The standard InChI is InChI=1S/C34H42F5NO4/c1-28(2)19-43-31(44-20-28)14-11-26-27-23(10-13-30(26,41)18-31)25-12-15-32(42,33(35,36)34(37,38)39)29(25,3)17-24(27)22-8-6-21(7-9-22)5-4-16-40/h6-9,23-25,41-42H,10-20,40H2,1-3H3/t23?,24-,25?,29+,30?,32+/m1/s1. The Bertz CT molecular complexity index is 1380. The Kier molecular flexibility index (Phi) is 7.43. The van der Waals surface area contributed by atoms with Crippen LogP contribution < -0.4 is 5.73 Å². The summed E-state index contributed by atoms with van der Waals surface area (Å²) < 4.78 is 84.6. The monoisotopic (exact) mass is 623 g/mol. The number of nitrogens with two attached hydrogens (primary N) is 1. The average molecular weight is 624 g/mol. The molecule has 10 heteroatoms. The van der Waals surface area contributed by atoms with E-state index in [4.69, 9.17) is 15.2 Å². The van der Waals surface area contributed by atoms with E-state index in [2.05, 4.69) is 25.7 Å². The van der Waals surface area contributed by atoms with E-state index in [0.29, 0.717) is 44.5 Å². The lowest BCUT2D eigenvalue weighted by molar-refractivity contribution is -0.362. The maximum atomic E-state index is 15.3. The Hall–Kier alpha value is -2.03. The van der Waals surface area contributed by atoms with E-state index in [-0.39, 0.29) is 37.1 Å². The van der Waals surface area contributed by atoms with Crippen LogP contribution in [0.2, 0.25) is 0 Å². The molecule has 4 fully saturated rings. The highest BCUT2D eigenvalue weighted by molar-refractivity contribution is 5.46. The summed E-state index contributed by atoms with van der Waals surface area (Å²) in [5, 5.41) is 23.8. The van der Waals surface area contributed by atoms with Crippen LogP contribution in [0.4, 0.5) is 22.0 Å². The molecule has 1 spiro atoms. The summed E-state index contributed by atoms with van der Waals surface area (Å²) in [6.45, 7) is 6.69. The normalized spacial score (nSPS) is 37.9. The summed E-state index contributed by atoms with van der Waals surface area (Å²) in [4.78, 5) is 0. The van der Waals surface area contributed by atoms with Crippen LogP contribution in [0.15, 0.2) is 35.4 Å². The van der Waals surface area contributed by atoms with Gasteiger partial charge in [0.25, 0.3) is 0 Å². The number of hydrogen-bond donors (Lipinski definition) is 3. The second kappa shape index (κ2) is 10.2. The van der Waals surface area contributed by atoms with E-state index in [1.54, 1.807) is 12.1 Å². The first kappa shape index (κ1) is 31.9. The number of hydrogen-bond acceptors (Lipinski definition) is 5. The minimum atomic E-state index is -5.89. The van der Waals surface area contributed by atoms with Gasteiger partial charge in [0, 0.05) is 35.2 Å². The first-order valence-corrected chi connectivity index (χ1v) is 15.6. The van der Waals surface area contributed by atoms with Crippen LogP contribution >= 0.6 is 0 Å². The van der Waals surface area contributed by atoms with Gasteiger partial charge in [-0.2, -0.15) is 22.0 Å². The van der Waals surface area contributed by atoms with Crippen molar-refractivity contribution in [3.8, 4) is 11.8 Å². The largest absolute Gasteiger partial charge is 0.456 e. The average Bonchev–Trinajstić information content (AvgIpc) is 3.24. The lowest BCUT2D eigenvalue weighted by atomic mass is 9.49. The third kappa shape index (κ3) is 4.67. The van der Waals surface area contributed by atoms with Gasteiger partial charge in [0.2, 0.25) is 0 Å². The Morgan fingerprint density at radius 3 is 2.23 bits per heavy atom. The van der Waals surface area contributed by atoms with Crippen molar-refractivity contribution in [2.75, 3.05) is 19.8 Å². The summed E-state index contributed by atoms with van der Waals surface area (Å²) in [6, 6.07) is 7.22. The van der Waals surface area contributed by atoms with Gasteiger partial charge in [-0.25, -0.2) is 0 Å². The molecule has 3 saturated carbocycles. The number of allylic oxidation sites excluding steroid dienone is 1. The molecule has 1 saturated heterocycles. The maximum Gasteiger partial charge on any atom is 0.456 e. The van der Waals surface area contributed by atoms with E-state index in [1.807, 2.05) is 12.1 Å². The number of aliphatic hydroxyl groups is 2. The van der Waals surface area contributed by atoms with E-state index in [0.717, 1.165) is 16.7 Å². The van der Waals surface area contributed by atoms with Crippen LogP contribution in [-0.4, -0.2) is 59.1 Å². The van der Waals surface area contributed by atoms with Crippen molar-refractivity contribution in [1.82, 2.24) is 0 Å². The zero-order chi connectivity index (χ0) is 32.0. The Balaban J connectivity index is 1.45. The second-order valence-corrected chi connectivity index (χ2v) is 14.8. The molecule has 1 aromatic carbocycles. The molecule has 0 bridgehead atoms. The number of rotatable bonds is 2. The van der Waals surface area contributed by atoms with E-state index < -0.39 is 52.8 Å².